The highest BCUT2D eigenvalue weighted by Crippen LogP contribution is 2.37. The van der Waals surface area contributed by atoms with Crippen molar-refractivity contribution >= 4 is 0 Å². The quantitative estimate of drug-likeness (QED) is 0.825. The number of rotatable bonds is 6. The van der Waals surface area contributed by atoms with Crippen LogP contribution in [0.25, 0.3) is 0 Å². The molecule has 4 nitrogen and oxygen atoms in total. The summed E-state index contributed by atoms with van der Waals surface area (Å²) in [7, 11) is 0. The molecule has 1 aromatic carbocycles. The van der Waals surface area contributed by atoms with Gasteiger partial charge in [-0.2, -0.15) is 0 Å². The maximum absolute atomic E-state index is 12.5. The smallest absolute Gasteiger partial charge is 0.508 e. The molecule has 0 amide bonds. The van der Waals surface area contributed by atoms with Crippen molar-refractivity contribution in [3.63, 3.8) is 0 Å². The fourth-order valence-corrected chi connectivity index (χ4v) is 3.02. The maximum atomic E-state index is 12.5. The van der Waals surface area contributed by atoms with E-state index in [0.717, 1.165) is 45.1 Å². The molecule has 0 aliphatic carbocycles. The molecular weight excluding hydrogens is 321 g/mol. The van der Waals surface area contributed by atoms with Crippen LogP contribution in [0.3, 0.4) is 0 Å². The van der Waals surface area contributed by atoms with Gasteiger partial charge in [-0.25, -0.2) is 0 Å². The molecule has 2 rings (SSSR count). The van der Waals surface area contributed by atoms with Gasteiger partial charge in [0, 0.05) is 37.8 Å². The predicted octanol–water partition coefficient (Wildman–Crippen LogP) is 3.67. The Morgan fingerprint density at radius 2 is 1.88 bits per heavy atom. The van der Waals surface area contributed by atoms with Crippen molar-refractivity contribution in [3.8, 4) is 11.5 Å². The Labute approximate surface area is 140 Å². The molecule has 136 valence electrons. The van der Waals surface area contributed by atoms with Crippen LogP contribution < -0.4 is 10.1 Å². The first kappa shape index (κ1) is 18.9. The second kappa shape index (κ2) is 8.07. The summed E-state index contributed by atoms with van der Waals surface area (Å²) in [6.45, 7) is 7.48. The minimum Gasteiger partial charge on any atom is -0.508 e. The summed E-state index contributed by atoms with van der Waals surface area (Å²) >= 11 is 0. The molecular formula is C17H25F3N2O2. The molecule has 24 heavy (non-hydrogen) atoms. The van der Waals surface area contributed by atoms with E-state index in [1.165, 1.54) is 12.1 Å². The lowest BCUT2D eigenvalue weighted by Crippen LogP contribution is -2.45. The molecule has 0 bridgehead atoms. The number of benzene rings is 1. The molecule has 1 fully saturated rings. The van der Waals surface area contributed by atoms with E-state index in [-0.39, 0.29) is 17.5 Å². The van der Waals surface area contributed by atoms with Gasteiger partial charge in [0.2, 0.25) is 0 Å². The molecule has 0 radical (unpaired) electrons. The van der Waals surface area contributed by atoms with E-state index in [1.54, 1.807) is 0 Å². The molecule has 0 saturated carbocycles. The standard InChI is InChI=1S/C17H25F3N2O2/c1-12(2)3-5-15(22-9-7-21-8-10-22)14-11-13(4-6-16(14)23)24-17(18,19)20/h4,6,11-12,15,21,23H,3,5,7-10H2,1-2H3/t15-/m1/s1. The number of phenolic OH excluding ortho intramolecular Hbond substituents is 1. The molecule has 1 aliphatic heterocycles. The van der Waals surface area contributed by atoms with Crippen molar-refractivity contribution in [2.45, 2.75) is 39.1 Å². The Bertz CT molecular complexity index is 529. The van der Waals surface area contributed by atoms with Gasteiger partial charge in [-0.05, 0) is 37.0 Å². The van der Waals surface area contributed by atoms with E-state index in [0.29, 0.717) is 11.5 Å². The third-order valence-corrected chi connectivity index (χ3v) is 4.20. The first-order valence-electron chi connectivity index (χ1n) is 8.29. The summed E-state index contributed by atoms with van der Waals surface area (Å²) in [5, 5.41) is 13.5. The van der Waals surface area contributed by atoms with Crippen LogP contribution in [0.4, 0.5) is 13.2 Å². The van der Waals surface area contributed by atoms with Crippen molar-refractivity contribution < 1.29 is 23.0 Å². The number of phenols is 1. The first-order valence-corrected chi connectivity index (χ1v) is 8.29. The van der Waals surface area contributed by atoms with E-state index >= 15 is 0 Å². The van der Waals surface area contributed by atoms with Crippen molar-refractivity contribution in [2.75, 3.05) is 26.2 Å². The third kappa shape index (κ3) is 5.56. The maximum Gasteiger partial charge on any atom is 0.573 e. The summed E-state index contributed by atoms with van der Waals surface area (Å²) in [5.74, 6) is 0.198. The van der Waals surface area contributed by atoms with Gasteiger partial charge in [-0.15, -0.1) is 13.2 Å². The number of aromatic hydroxyl groups is 1. The molecule has 1 saturated heterocycles. The number of nitrogens with one attached hydrogen (secondary N) is 1. The molecule has 1 aromatic rings. The number of halogens is 3. The Morgan fingerprint density at radius 3 is 2.46 bits per heavy atom. The van der Waals surface area contributed by atoms with Gasteiger partial charge in [0.25, 0.3) is 0 Å². The summed E-state index contributed by atoms with van der Waals surface area (Å²) < 4.78 is 41.5. The first-order chi connectivity index (χ1) is 11.3. The van der Waals surface area contributed by atoms with Crippen molar-refractivity contribution in [2.24, 2.45) is 5.92 Å². The molecule has 1 heterocycles. The molecule has 7 heteroatoms. The lowest BCUT2D eigenvalue weighted by atomic mass is 9.95. The minimum atomic E-state index is -4.74. The highest BCUT2D eigenvalue weighted by molar-refractivity contribution is 5.41. The second-order valence-corrected chi connectivity index (χ2v) is 6.54. The molecule has 1 atom stereocenters. The molecule has 0 unspecified atom stereocenters. The molecule has 0 aromatic heterocycles. The van der Waals surface area contributed by atoms with Crippen molar-refractivity contribution in [1.29, 1.82) is 0 Å². The molecule has 1 aliphatic rings. The van der Waals surface area contributed by atoms with Gasteiger partial charge < -0.3 is 15.2 Å². The fourth-order valence-electron chi connectivity index (χ4n) is 3.02. The zero-order valence-corrected chi connectivity index (χ0v) is 14.1. The van der Waals surface area contributed by atoms with Crippen LogP contribution in [0, 0.1) is 5.92 Å². The van der Waals surface area contributed by atoms with E-state index in [4.69, 9.17) is 0 Å². The van der Waals surface area contributed by atoms with E-state index < -0.39 is 6.36 Å². The predicted molar refractivity (Wildman–Crippen MR) is 86.0 cm³/mol. The molecule has 0 spiro atoms. The SMILES string of the molecule is CC(C)CC[C@H](c1cc(OC(F)(F)F)ccc1O)N1CCNCC1. The van der Waals surface area contributed by atoms with Crippen LogP contribution in [0.5, 0.6) is 11.5 Å². The van der Waals surface area contributed by atoms with E-state index in [9.17, 15) is 18.3 Å². The fraction of sp³-hybridized carbons (Fsp3) is 0.647. The van der Waals surface area contributed by atoms with Gasteiger partial charge in [0.05, 0.1) is 0 Å². The highest BCUT2D eigenvalue weighted by atomic mass is 19.4. The van der Waals surface area contributed by atoms with Crippen LogP contribution >= 0.6 is 0 Å². The Kier molecular flexibility index (Phi) is 6.34. The summed E-state index contributed by atoms with van der Waals surface area (Å²) in [6, 6.07) is 3.62. The van der Waals surface area contributed by atoms with Gasteiger partial charge in [0.15, 0.2) is 0 Å². The summed E-state index contributed by atoms with van der Waals surface area (Å²) in [6.07, 6.45) is -3.03. The topological polar surface area (TPSA) is 44.7 Å². The number of hydrogen-bond acceptors (Lipinski definition) is 4. The van der Waals surface area contributed by atoms with Gasteiger partial charge in [-0.1, -0.05) is 13.8 Å². The number of nitrogens with zero attached hydrogens (tertiary/aromatic N) is 1. The zero-order valence-electron chi connectivity index (χ0n) is 14.1. The Morgan fingerprint density at radius 1 is 1.21 bits per heavy atom. The summed E-state index contributed by atoms with van der Waals surface area (Å²) in [4.78, 5) is 2.21. The van der Waals surface area contributed by atoms with Crippen LogP contribution in [0.1, 0.15) is 38.3 Å². The number of alkyl halides is 3. The second-order valence-electron chi connectivity index (χ2n) is 6.54. The lowest BCUT2D eigenvalue weighted by Gasteiger charge is -2.36. The average molecular weight is 346 g/mol. The van der Waals surface area contributed by atoms with Gasteiger partial charge in [-0.3, -0.25) is 4.90 Å². The van der Waals surface area contributed by atoms with Crippen LogP contribution in [0.2, 0.25) is 0 Å². The number of hydrogen-bond donors (Lipinski definition) is 2. The van der Waals surface area contributed by atoms with Crippen LogP contribution in [-0.2, 0) is 0 Å². The van der Waals surface area contributed by atoms with Gasteiger partial charge >= 0.3 is 6.36 Å². The molecule has 2 N–H and O–H groups in total. The minimum absolute atomic E-state index is 0.0109. The number of piperazine rings is 1. The summed E-state index contributed by atoms with van der Waals surface area (Å²) in [5.41, 5.74) is 0.499. The van der Waals surface area contributed by atoms with Crippen molar-refractivity contribution in [1.82, 2.24) is 10.2 Å². The Balaban J connectivity index is 2.27. The lowest BCUT2D eigenvalue weighted by molar-refractivity contribution is -0.274. The number of ether oxygens (including phenoxy) is 1. The highest BCUT2D eigenvalue weighted by Gasteiger charge is 2.32. The Hall–Kier alpha value is -1.47. The monoisotopic (exact) mass is 346 g/mol. The zero-order chi connectivity index (χ0) is 17.7. The van der Waals surface area contributed by atoms with Crippen molar-refractivity contribution in [3.05, 3.63) is 23.8 Å². The average Bonchev–Trinajstić information content (AvgIpc) is 2.50. The van der Waals surface area contributed by atoms with Gasteiger partial charge in [0.1, 0.15) is 11.5 Å². The van der Waals surface area contributed by atoms with Crippen LogP contribution in [0.15, 0.2) is 18.2 Å². The van der Waals surface area contributed by atoms with E-state index in [2.05, 4.69) is 28.8 Å². The van der Waals surface area contributed by atoms with Crippen LogP contribution in [-0.4, -0.2) is 42.5 Å². The largest absolute Gasteiger partial charge is 0.573 e. The normalized spacial score (nSPS) is 17.9. The van der Waals surface area contributed by atoms with E-state index in [1.807, 2.05) is 0 Å². The third-order valence-electron chi connectivity index (χ3n) is 4.20.